The number of hydrogen-bond acceptors (Lipinski definition) is 7. The average molecular weight is 381 g/mol. The largest absolute Gasteiger partial charge is 0.450 e. The zero-order valence-electron chi connectivity index (χ0n) is 15.4. The van der Waals surface area contributed by atoms with Gasteiger partial charge >= 0.3 is 12.1 Å². The first kappa shape index (κ1) is 19.1. The van der Waals surface area contributed by atoms with Crippen LogP contribution in [0.5, 0.6) is 0 Å². The molecule has 0 bridgehead atoms. The molecule has 0 aliphatic rings. The number of amides is 1. The van der Waals surface area contributed by atoms with Crippen molar-refractivity contribution in [1.29, 1.82) is 0 Å². The predicted molar refractivity (Wildman–Crippen MR) is 101 cm³/mol. The normalized spacial score (nSPS) is 11.5. The third kappa shape index (κ3) is 4.73. The Morgan fingerprint density at radius 1 is 1.07 bits per heavy atom. The van der Waals surface area contributed by atoms with E-state index in [1.54, 1.807) is 38.1 Å². The second kappa shape index (κ2) is 8.81. The van der Waals surface area contributed by atoms with Gasteiger partial charge < -0.3 is 13.9 Å². The molecule has 3 rings (SSSR count). The summed E-state index contributed by atoms with van der Waals surface area (Å²) < 4.78 is 15.8. The molecule has 144 valence electrons. The minimum Gasteiger partial charge on any atom is -0.450 e. The van der Waals surface area contributed by atoms with Gasteiger partial charge in [0.15, 0.2) is 6.10 Å². The monoisotopic (exact) mass is 381 g/mol. The molecule has 0 aliphatic heterocycles. The van der Waals surface area contributed by atoms with Gasteiger partial charge in [0.1, 0.15) is 0 Å². The van der Waals surface area contributed by atoms with Gasteiger partial charge in [-0.2, -0.15) is 0 Å². The number of hydrogen-bond donors (Lipinski definition) is 1. The van der Waals surface area contributed by atoms with Crippen molar-refractivity contribution in [3.8, 4) is 11.5 Å². The maximum absolute atomic E-state index is 12.3. The van der Waals surface area contributed by atoms with Crippen LogP contribution in [0, 0.1) is 0 Å². The number of benzene rings is 2. The number of carbonyl (C=O) groups excluding carboxylic acids is 2. The van der Waals surface area contributed by atoms with Crippen molar-refractivity contribution in [1.82, 2.24) is 10.2 Å². The Labute approximate surface area is 161 Å². The minimum atomic E-state index is -0.713. The molecule has 0 fully saturated rings. The highest BCUT2D eigenvalue weighted by molar-refractivity contribution is 5.91. The van der Waals surface area contributed by atoms with Gasteiger partial charge in [-0.25, -0.2) is 9.59 Å². The van der Waals surface area contributed by atoms with Crippen LogP contribution in [0.25, 0.3) is 11.5 Å². The Morgan fingerprint density at radius 2 is 1.79 bits per heavy atom. The van der Waals surface area contributed by atoms with Crippen molar-refractivity contribution >= 4 is 17.7 Å². The molecule has 2 aromatic carbocycles. The predicted octanol–water partition coefficient (Wildman–Crippen LogP) is 4.22. The number of nitrogens with zero attached hydrogens (tertiary/aromatic N) is 2. The van der Waals surface area contributed by atoms with Gasteiger partial charge in [-0.3, -0.25) is 5.32 Å². The van der Waals surface area contributed by atoms with Crippen LogP contribution in [-0.4, -0.2) is 28.9 Å². The Bertz CT molecular complexity index is 938. The number of anilines is 1. The van der Waals surface area contributed by atoms with Crippen LogP contribution in [0.3, 0.4) is 0 Å². The van der Waals surface area contributed by atoms with Crippen LogP contribution in [0.2, 0.25) is 0 Å². The highest BCUT2D eigenvalue weighted by atomic mass is 16.6. The smallest absolute Gasteiger partial charge is 0.411 e. The van der Waals surface area contributed by atoms with E-state index >= 15 is 0 Å². The summed E-state index contributed by atoms with van der Waals surface area (Å²) in [5.41, 5.74) is 1.61. The number of aromatic nitrogens is 2. The van der Waals surface area contributed by atoms with Gasteiger partial charge in [-0.1, -0.05) is 18.2 Å². The van der Waals surface area contributed by atoms with Gasteiger partial charge in [-0.15, -0.1) is 10.2 Å². The average Bonchev–Trinajstić information content (AvgIpc) is 3.20. The zero-order chi connectivity index (χ0) is 19.9. The molecule has 1 unspecified atom stereocenters. The molecule has 28 heavy (non-hydrogen) atoms. The van der Waals surface area contributed by atoms with Crippen molar-refractivity contribution in [3.05, 3.63) is 66.1 Å². The number of rotatable bonds is 6. The SMILES string of the molecule is CCOC(=O)Nc1ccc(C(=O)OC(C)c2nnc(-c3ccccc3)o2)cc1. The first-order valence-electron chi connectivity index (χ1n) is 8.70. The molecule has 0 aliphatic carbocycles. The quantitative estimate of drug-likeness (QED) is 0.637. The first-order valence-corrected chi connectivity index (χ1v) is 8.70. The number of carbonyl (C=O) groups is 2. The lowest BCUT2D eigenvalue weighted by Crippen LogP contribution is -2.13. The molecule has 8 nitrogen and oxygen atoms in total. The summed E-state index contributed by atoms with van der Waals surface area (Å²) >= 11 is 0. The molecule has 0 saturated heterocycles. The lowest BCUT2D eigenvalue weighted by Gasteiger charge is -2.10. The summed E-state index contributed by atoms with van der Waals surface area (Å²) in [6.07, 6.45) is -1.27. The van der Waals surface area contributed by atoms with Crippen molar-refractivity contribution < 1.29 is 23.5 Å². The third-order valence-electron chi connectivity index (χ3n) is 3.74. The lowest BCUT2D eigenvalue weighted by molar-refractivity contribution is 0.0280. The van der Waals surface area contributed by atoms with Crippen LogP contribution in [0.4, 0.5) is 10.5 Å². The summed E-state index contributed by atoms with van der Waals surface area (Å²) in [6.45, 7) is 3.64. The molecule has 1 amide bonds. The van der Waals surface area contributed by atoms with Gasteiger partial charge in [-0.05, 0) is 50.2 Å². The van der Waals surface area contributed by atoms with Crippen molar-refractivity contribution in [3.63, 3.8) is 0 Å². The molecule has 1 aromatic heterocycles. The van der Waals surface area contributed by atoms with E-state index in [0.29, 0.717) is 17.1 Å². The van der Waals surface area contributed by atoms with Crippen molar-refractivity contribution in [2.24, 2.45) is 0 Å². The van der Waals surface area contributed by atoms with Gasteiger partial charge in [0.05, 0.1) is 12.2 Å². The summed E-state index contributed by atoms with van der Waals surface area (Å²) in [6, 6.07) is 15.6. The van der Waals surface area contributed by atoms with E-state index in [1.165, 1.54) is 0 Å². The van der Waals surface area contributed by atoms with E-state index in [1.807, 2.05) is 30.3 Å². The topological polar surface area (TPSA) is 104 Å². The molecule has 0 spiro atoms. The van der Waals surface area contributed by atoms with E-state index in [0.717, 1.165) is 5.56 Å². The molecular weight excluding hydrogens is 362 g/mol. The minimum absolute atomic E-state index is 0.202. The first-order chi connectivity index (χ1) is 13.6. The van der Waals surface area contributed by atoms with E-state index in [-0.39, 0.29) is 12.5 Å². The molecule has 1 heterocycles. The van der Waals surface area contributed by atoms with Crippen LogP contribution in [-0.2, 0) is 9.47 Å². The Morgan fingerprint density at radius 3 is 2.46 bits per heavy atom. The summed E-state index contributed by atoms with van der Waals surface area (Å²) in [4.78, 5) is 23.7. The fraction of sp³-hybridized carbons (Fsp3) is 0.200. The van der Waals surface area contributed by atoms with Gasteiger partial charge in [0, 0.05) is 11.3 Å². The highest BCUT2D eigenvalue weighted by Gasteiger charge is 2.20. The molecule has 0 saturated carbocycles. The maximum atomic E-state index is 12.3. The van der Waals surface area contributed by atoms with Gasteiger partial charge in [0.25, 0.3) is 5.89 Å². The number of nitrogens with one attached hydrogen (secondary N) is 1. The Kier molecular flexibility index (Phi) is 6.01. The molecular formula is C20H19N3O5. The van der Waals surface area contributed by atoms with Crippen molar-refractivity contribution in [2.75, 3.05) is 11.9 Å². The number of esters is 1. The Balaban J connectivity index is 1.61. The standard InChI is InChI=1S/C20H19N3O5/c1-3-26-20(25)21-16-11-9-15(10-12-16)19(24)27-13(2)17-22-23-18(28-17)14-7-5-4-6-8-14/h4-13H,3H2,1-2H3,(H,21,25). The fourth-order valence-corrected chi connectivity index (χ4v) is 2.35. The maximum Gasteiger partial charge on any atom is 0.411 e. The highest BCUT2D eigenvalue weighted by Crippen LogP contribution is 2.23. The summed E-state index contributed by atoms with van der Waals surface area (Å²) in [7, 11) is 0. The van der Waals surface area contributed by atoms with Crippen LogP contribution in [0.1, 0.15) is 36.2 Å². The van der Waals surface area contributed by atoms with Crippen molar-refractivity contribution in [2.45, 2.75) is 20.0 Å². The van der Waals surface area contributed by atoms with E-state index < -0.39 is 18.2 Å². The molecule has 1 atom stereocenters. The van der Waals surface area contributed by atoms with E-state index in [2.05, 4.69) is 15.5 Å². The van der Waals surface area contributed by atoms with Crippen LogP contribution >= 0.6 is 0 Å². The third-order valence-corrected chi connectivity index (χ3v) is 3.74. The summed E-state index contributed by atoms with van der Waals surface area (Å²) in [5.74, 6) is 0.00957. The summed E-state index contributed by atoms with van der Waals surface area (Å²) in [5, 5.41) is 10.5. The second-order valence-electron chi connectivity index (χ2n) is 5.78. The van der Waals surface area contributed by atoms with E-state index in [9.17, 15) is 9.59 Å². The molecule has 3 aromatic rings. The van der Waals surface area contributed by atoms with Crippen LogP contribution in [0.15, 0.2) is 59.0 Å². The lowest BCUT2D eigenvalue weighted by atomic mass is 10.2. The fourth-order valence-electron chi connectivity index (χ4n) is 2.35. The molecule has 1 N–H and O–H groups in total. The molecule has 8 heteroatoms. The zero-order valence-corrected chi connectivity index (χ0v) is 15.4. The van der Waals surface area contributed by atoms with Gasteiger partial charge in [0.2, 0.25) is 5.89 Å². The Hall–Kier alpha value is -3.68. The second-order valence-corrected chi connectivity index (χ2v) is 5.78. The number of ether oxygens (including phenoxy) is 2. The molecule has 0 radical (unpaired) electrons. The van der Waals surface area contributed by atoms with Crippen LogP contribution < -0.4 is 5.32 Å². The van der Waals surface area contributed by atoms with E-state index in [4.69, 9.17) is 13.9 Å².